The minimum atomic E-state index is -0.405. The van der Waals surface area contributed by atoms with E-state index in [9.17, 15) is 9.59 Å². The number of nitrogens with one attached hydrogen (secondary N) is 1. The number of aromatic amines is 1. The van der Waals surface area contributed by atoms with Crippen LogP contribution in [0.3, 0.4) is 0 Å². The first-order chi connectivity index (χ1) is 16.0. The number of nitrogens with zero attached hydrogens (tertiary/aromatic N) is 3. The number of hydrogen-bond donors (Lipinski definition) is 2. The second kappa shape index (κ2) is 9.98. The molecule has 1 aliphatic rings. The quantitative estimate of drug-likeness (QED) is 0.394. The van der Waals surface area contributed by atoms with Crippen LogP contribution >= 0.6 is 0 Å². The molecule has 0 bridgehead atoms. The Kier molecular flexibility index (Phi) is 6.87. The van der Waals surface area contributed by atoms with Gasteiger partial charge in [-0.15, -0.1) is 0 Å². The fourth-order valence-corrected chi connectivity index (χ4v) is 4.32. The highest BCUT2D eigenvalue weighted by Crippen LogP contribution is 2.42. The first-order valence-electron chi connectivity index (χ1n) is 11.7. The normalized spacial score (nSPS) is 14.1. The van der Waals surface area contributed by atoms with Crippen LogP contribution in [0.5, 0.6) is 0 Å². The highest BCUT2D eigenvalue weighted by molar-refractivity contribution is 6.00. The number of nitrogens with two attached hydrogens (primary N) is 1. The Hall–Kier alpha value is -3.48. The van der Waals surface area contributed by atoms with Crippen molar-refractivity contribution >= 4 is 22.2 Å². The van der Waals surface area contributed by atoms with E-state index >= 15 is 0 Å². The Morgan fingerprint density at radius 3 is 2.64 bits per heavy atom. The molecule has 0 saturated heterocycles. The van der Waals surface area contributed by atoms with Crippen LogP contribution in [-0.2, 0) is 0 Å². The van der Waals surface area contributed by atoms with Gasteiger partial charge in [-0.05, 0) is 42.9 Å². The second-order valence-corrected chi connectivity index (χ2v) is 8.83. The van der Waals surface area contributed by atoms with Gasteiger partial charge in [0.25, 0.3) is 11.5 Å². The number of rotatable bonds is 7. The van der Waals surface area contributed by atoms with Gasteiger partial charge < -0.3 is 5.73 Å². The van der Waals surface area contributed by atoms with Crippen molar-refractivity contribution in [3.8, 4) is 0 Å². The van der Waals surface area contributed by atoms with Crippen LogP contribution in [0, 0.1) is 0 Å². The monoisotopic (exact) mass is 445 g/mol. The van der Waals surface area contributed by atoms with Crippen molar-refractivity contribution in [1.82, 2.24) is 19.8 Å². The number of primary amides is 1. The third-order valence-corrected chi connectivity index (χ3v) is 6.29. The summed E-state index contributed by atoms with van der Waals surface area (Å²) in [5.41, 5.74) is 8.84. The summed E-state index contributed by atoms with van der Waals surface area (Å²) in [6.45, 7) is 4.39. The summed E-state index contributed by atoms with van der Waals surface area (Å²) in [6, 6.07) is 11.7. The van der Waals surface area contributed by atoms with E-state index in [4.69, 9.17) is 5.73 Å². The van der Waals surface area contributed by atoms with Gasteiger partial charge in [0.2, 0.25) is 0 Å². The van der Waals surface area contributed by atoms with E-state index < -0.39 is 5.91 Å². The van der Waals surface area contributed by atoms with Crippen molar-refractivity contribution in [3.63, 3.8) is 0 Å². The molecule has 1 aromatic carbocycles. The molecule has 5 rings (SSSR count). The van der Waals surface area contributed by atoms with Crippen molar-refractivity contribution in [3.05, 3.63) is 76.0 Å². The van der Waals surface area contributed by atoms with Crippen molar-refractivity contribution < 1.29 is 4.79 Å². The van der Waals surface area contributed by atoms with Crippen molar-refractivity contribution in [2.45, 2.75) is 64.2 Å². The van der Waals surface area contributed by atoms with Gasteiger partial charge in [-0.3, -0.25) is 9.59 Å². The summed E-state index contributed by atoms with van der Waals surface area (Å²) in [5.74, 6) is 0.569. The number of carbonyl (C=O) groups excluding carboxylic acids is 1. The lowest BCUT2D eigenvalue weighted by Gasteiger charge is -2.12. The highest BCUT2D eigenvalue weighted by atomic mass is 16.1. The predicted octanol–water partition coefficient (Wildman–Crippen LogP) is 4.92. The van der Waals surface area contributed by atoms with Crippen LogP contribution in [0.2, 0.25) is 0 Å². The molecule has 4 aromatic rings. The van der Waals surface area contributed by atoms with Gasteiger partial charge in [0.15, 0.2) is 0 Å². The minimum absolute atomic E-state index is 0.102. The Morgan fingerprint density at radius 1 is 1.18 bits per heavy atom. The fourth-order valence-electron chi connectivity index (χ4n) is 4.32. The summed E-state index contributed by atoms with van der Waals surface area (Å²) < 4.78 is 1.73. The van der Waals surface area contributed by atoms with Gasteiger partial charge in [-0.25, -0.2) is 9.61 Å². The summed E-state index contributed by atoms with van der Waals surface area (Å²) >= 11 is 0. The molecule has 1 saturated carbocycles. The molecule has 7 nitrogen and oxygen atoms in total. The van der Waals surface area contributed by atoms with Gasteiger partial charge in [0.1, 0.15) is 0 Å². The zero-order chi connectivity index (χ0) is 23.4. The Morgan fingerprint density at radius 2 is 1.94 bits per heavy atom. The number of H-pyrrole nitrogens is 1. The van der Waals surface area contributed by atoms with E-state index in [1.54, 1.807) is 10.7 Å². The third kappa shape index (κ3) is 4.97. The number of benzene rings is 1. The standard InChI is InChI=1S/C15H20N2O.C11H11N3O/c1-3-4-5-8-11(2)14-12-9-6-7-10-13(12)15(18)17-16-14;12-11(15)9-6-13-14-5-1-2-8(10(9)14)7-3-4-7/h6-7,9-11H,3-5,8H2,1-2H3,(H,17,18);1-2,5-7H,3-4H2,(H2,12,15)/t11-;/m0./s1. The Bertz CT molecular complexity index is 1320. The molecule has 1 aliphatic carbocycles. The number of pyridine rings is 1. The largest absolute Gasteiger partial charge is 0.365 e. The van der Waals surface area contributed by atoms with E-state index in [0.29, 0.717) is 17.4 Å². The first-order valence-corrected chi connectivity index (χ1v) is 11.7. The topological polar surface area (TPSA) is 106 Å². The van der Waals surface area contributed by atoms with Crippen LogP contribution in [0.1, 0.15) is 85.8 Å². The molecule has 1 atom stereocenters. The second-order valence-electron chi connectivity index (χ2n) is 8.83. The third-order valence-electron chi connectivity index (χ3n) is 6.29. The number of aromatic nitrogens is 4. The summed E-state index contributed by atoms with van der Waals surface area (Å²) in [5, 5.41) is 12.7. The fraction of sp³-hybridized carbons (Fsp3) is 0.385. The maximum atomic E-state index is 11.7. The molecule has 172 valence electrons. The van der Waals surface area contributed by atoms with E-state index in [0.717, 1.165) is 28.4 Å². The number of carbonyl (C=O) groups is 1. The summed E-state index contributed by atoms with van der Waals surface area (Å²) in [7, 11) is 0. The molecule has 0 unspecified atom stereocenters. The Labute approximate surface area is 193 Å². The number of unbranched alkanes of at least 4 members (excludes halogenated alkanes) is 2. The van der Waals surface area contributed by atoms with Crippen molar-refractivity contribution in [1.29, 1.82) is 0 Å². The molecule has 1 fully saturated rings. The van der Waals surface area contributed by atoms with Crippen LogP contribution in [-0.4, -0.2) is 25.7 Å². The zero-order valence-corrected chi connectivity index (χ0v) is 19.3. The van der Waals surface area contributed by atoms with Gasteiger partial charge in [-0.2, -0.15) is 10.2 Å². The molecule has 3 aromatic heterocycles. The van der Waals surface area contributed by atoms with Gasteiger partial charge in [0, 0.05) is 17.5 Å². The van der Waals surface area contributed by atoms with Gasteiger partial charge in [0.05, 0.1) is 28.4 Å². The average Bonchev–Trinajstić information content (AvgIpc) is 3.57. The van der Waals surface area contributed by atoms with E-state index in [1.807, 2.05) is 36.5 Å². The van der Waals surface area contributed by atoms with E-state index in [-0.39, 0.29) is 5.56 Å². The van der Waals surface area contributed by atoms with E-state index in [1.165, 1.54) is 37.7 Å². The molecular formula is C26H31N5O2. The lowest BCUT2D eigenvalue weighted by Crippen LogP contribution is -2.12. The molecule has 3 N–H and O–H groups in total. The molecule has 33 heavy (non-hydrogen) atoms. The number of hydrogen-bond acceptors (Lipinski definition) is 4. The Balaban J connectivity index is 0.000000159. The maximum Gasteiger partial charge on any atom is 0.272 e. The summed E-state index contributed by atoms with van der Waals surface area (Å²) in [6.07, 6.45) is 10.6. The molecule has 1 amide bonds. The van der Waals surface area contributed by atoms with Crippen LogP contribution < -0.4 is 11.3 Å². The molecule has 0 radical (unpaired) electrons. The van der Waals surface area contributed by atoms with Gasteiger partial charge in [-0.1, -0.05) is 57.4 Å². The SMILES string of the molecule is CCCCC[C@H](C)c1n[nH]c(=O)c2ccccc12.NC(=O)c1cnn2cccc(C3CC3)c12. The lowest BCUT2D eigenvalue weighted by atomic mass is 9.96. The predicted molar refractivity (Wildman–Crippen MR) is 131 cm³/mol. The minimum Gasteiger partial charge on any atom is -0.365 e. The average molecular weight is 446 g/mol. The lowest BCUT2D eigenvalue weighted by molar-refractivity contribution is 0.100. The number of fused-ring (bicyclic) bond motifs is 2. The highest BCUT2D eigenvalue weighted by Gasteiger charge is 2.27. The summed E-state index contributed by atoms with van der Waals surface area (Å²) in [4.78, 5) is 22.9. The molecule has 7 heteroatoms. The number of amides is 1. The molecule has 0 spiro atoms. The van der Waals surface area contributed by atoms with E-state index in [2.05, 4.69) is 35.2 Å². The molecule has 3 heterocycles. The van der Waals surface area contributed by atoms with Crippen LogP contribution in [0.15, 0.2) is 53.6 Å². The molecular weight excluding hydrogens is 414 g/mol. The first kappa shape index (κ1) is 22.7. The molecule has 0 aliphatic heterocycles. The van der Waals surface area contributed by atoms with Crippen molar-refractivity contribution in [2.75, 3.05) is 0 Å². The maximum absolute atomic E-state index is 11.7. The zero-order valence-electron chi connectivity index (χ0n) is 19.3. The van der Waals surface area contributed by atoms with Crippen molar-refractivity contribution in [2.24, 2.45) is 5.73 Å². The smallest absolute Gasteiger partial charge is 0.272 e. The van der Waals surface area contributed by atoms with Crippen LogP contribution in [0.4, 0.5) is 0 Å². The van der Waals surface area contributed by atoms with Gasteiger partial charge >= 0.3 is 0 Å². The van der Waals surface area contributed by atoms with Crippen LogP contribution in [0.25, 0.3) is 16.3 Å².